The maximum absolute atomic E-state index is 11.9. The minimum atomic E-state index is -0.115. The summed E-state index contributed by atoms with van der Waals surface area (Å²) in [5, 5.41) is 7.13. The van der Waals surface area contributed by atoms with Crippen LogP contribution in [-0.4, -0.2) is 29.0 Å². The number of amidine groups is 1. The van der Waals surface area contributed by atoms with Gasteiger partial charge in [-0.25, -0.2) is 4.98 Å². The Morgan fingerprint density at radius 2 is 2.38 bits per heavy atom. The third kappa shape index (κ3) is 2.82. The van der Waals surface area contributed by atoms with Gasteiger partial charge >= 0.3 is 0 Å². The standard InChI is InChI=1S/C10H17N5O/c1-3-15-7-5-13-9(10(15)16)14(2)6-4-8(11)12/h5,7H,3-4,6H2,1-2H3,(H3,11,12). The Hall–Kier alpha value is -1.85. The van der Waals surface area contributed by atoms with Crippen molar-refractivity contribution in [3.05, 3.63) is 22.7 Å². The lowest BCUT2D eigenvalue weighted by Crippen LogP contribution is -2.32. The van der Waals surface area contributed by atoms with Gasteiger partial charge in [0.2, 0.25) is 0 Å². The summed E-state index contributed by atoms with van der Waals surface area (Å²) in [6.45, 7) is 3.04. The van der Waals surface area contributed by atoms with E-state index in [0.717, 1.165) is 0 Å². The molecule has 0 aliphatic heterocycles. The molecule has 0 saturated heterocycles. The molecule has 0 aromatic carbocycles. The van der Waals surface area contributed by atoms with Gasteiger partial charge in [-0.15, -0.1) is 0 Å². The van der Waals surface area contributed by atoms with Crippen molar-refractivity contribution in [1.29, 1.82) is 5.41 Å². The Morgan fingerprint density at radius 1 is 1.69 bits per heavy atom. The molecule has 0 saturated carbocycles. The number of hydrogen-bond donors (Lipinski definition) is 2. The van der Waals surface area contributed by atoms with Crippen molar-refractivity contribution in [3.8, 4) is 0 Å². The molecule has 0 fully saturated rings. The number of hydrogen-bond acceptors (Lipinski definition) is 4. The number of nitrogens with zero attached hydrogens (tertiary/aromatic N) is 3. The molecule has 0 unspecified atom stereocenters. The molecule has 0 amide bonds. The largest absolute Gasteiger partial charge is 0.388 e. The van der Waals surface area contributed by atoms with Crippen LogP contribution in [0.2, 0.25) is 0 Å². The summed E-state index contributed by atoms with van der Waals surface area (Å²) in [6, 6.07) is 0. The summed E-state index contributed by atoms with van der Waals surface area (Å²) in [4.78, 5) is 17.6. The SMILES string of the molecule is CCn1ccnc(N(C)CCC(=N)N)c1=O. The van der Waals surface area contributed by atoms with Gasteiger partial charge < -0.3 is 15.2 Å². The molecular weight excluding hydrogens is 206 g/mol. The second-order valence-electron chi connectivity index (χ2n) is 3.54. The number of aromatic nitrogens is 2. The number of aryl methyl sites for hydroxylation is 1. The van der Waals surface area contributed by atoms with Gasteiger partial charge in [-0.1, -0.05) is 0 Å². The van der Waals surface area contributed by atoms with Crippen LogP contribution in [-0.2, 0) is 6.54 Å². The van der Waals surface area contributed by atoms with Crippen LogP contribution in [0.1, 0.15) is 13.3 Å². The van der Waals surface area contributed by atoms with E-state index in [-0.39, 0.29) is 11.4 Å². The van der Waals surface area contributed by atoms with E-state index in [2.05, 4.69) is 4.98 Å². The first-order valence-electron chi connectivity index (χ1n) is 5.15. The zero-order chi connectivity index (χ0) is 12.1. The number of nitrogens with one attached hydrogen (secondary N) is 1. The molecule has 0 aliphatic carbocycles. The van der Waals surface area contributed by atoms with Crippen molar-refractivity contribution in [2.45, 2.75) is 19.9 Å². The molecule has 0 atom stereocenters. The van der Waals surface area contributed by atoms with Crippen LogP contribution in [0.25, 0.3) is 0 Å². The van der Waals surface area contributed by atoms with Gasteiger partial charge in [0.1, 0.15) is 0 Å². The molecule has 3 N–H and O–H groups in total. The summed E-state index contributed by atoms with van der Waals surface area (Å²) in [5.74, 6) is 0.504. The molecule has 6 heteroatoms. The highest BCUT2D eigenvalue weighted by atomic mass is 16.1. The van der Waals surface area contributed by atoms with E-state index in [9.17, 15) is 4.79 Å². The normalized spacial score (nSPS) is 10.1. The molecule has 1 aromatic rings. The van der Waals surface area contributed by atoms with Crippen molar-refractivity contribution < 1.29 is 0 Å². The van der Waals surface area contributed by atoms with E-state index in [1.807, 2.05) is 6.92 Å². The van der Waals surface area contributed by atoms with Gasteiger partial charge in [-0.3, -0.25) is 10.2 Å². The van der Waals surface area contributed by atoms with Crippen LogP contribution >= 0.6 is 0 Å². The van der Waals surface area contributed by atoms with Gasteiger partial charge in [0.25, 0.3) is 5.56 Å². The number of nitrogens with two attached hydrogens (primary N) is 1. The van der Waals surface area contributed by atoms with Gasteiger partial charge in [-0.05, 0) is 6.92 Å². The van der Waals surface area contributed by atoms with Crippen LogP contribution in [0.5, 0.6) is 0 Å². The second-order valence-corrected chi connectivity index (χ2v) is 3.54. The highest BCUT2D eigenvalue weighted by Gasteiger charge is 2.09. The average Bonchev–Trinajstić information content (AvgIpc) is 2.26. The van der Waals surface area contributed by atoms with Crippen LogP contribution in [0.4, 0.5) is 5.82 Å². The van der Waals surface area contributed by atoms with E-state index in [0.29, 0.717) is 25.3 Å². The van der Waals surface area contributed by atoms with Gasteiger partial charge in [0.05, 0.1) is 5.84 Å². The van der Waals surface area contributed by atoms with Gasteiger partial charge in [0, 0.05) is 39.0 Å². The molecule has 0 radical (unpaired) electrons. The zero-order valence-electron chi connectivity index (χ0n) is 9.60. The van der Waals surface area contributed by atoms with Crippen LogP contribution in [0, 0.1) is 5.41 Å². The fourth-order valence-corrected chi connectivity index (χ4v) is 1.34. The van der Waals surface area contributed by atoms with Crippen molar-refractivity contribution >= 4 is 11.7 Å². The summed E-state index contributed by atoms with van der Waals surface area (Å²) in [7, 11) is 1.77. The first-order valence-corrected chi connectivity index (χ1v) is 5.15. The maximum Gasteiger partial charge on any atom is 0.293 e. The summed E-state index contributed by atoms with van der Waals surface area (Å²) in [6.07, 6.45) is 3.69. The summed E-state index contributed by atoms with van der Waals surface area (Å²) in [5.41, 5.74) is 5.15. The second kappa shape index (κ2) is 5.29. The Balaban J connectivity index is 2.87. The first-order chi connectivity index (χ1) is 7.56. The topological polar surface area (TPSA) is 88.0 Å². The highest BCUT2D eigenvalue weighted by Crippen LogP contribution is 2.01. The first kappa shape index (κ1) is 12.2. The molecule has 1 aromatic heterocycles. The van der Waals surface area contributed by atoms with Crippen LogP contribution in [0.15, 0.2) is 17.2 Å². The fourth-order valence-electron chi connectivity index (χ4n) is 1.34. The molecule has 6 nitrogen and oxygen atoms in total. The molecule has 16 heavy (non-hydrogen) atoms. The van der Waals surface area contributed by atoms with Crippen LogP contribution < -0.4 is 16.2 Å². The van der Waals surface area contributed by atoms with E-state index in [1.165, 1.54) is 0 Å². The maximum atomic E-state index is 11.9. The minimum Gasteiger partial charge on any atom is -0.388 e. The predicted molar refractivity (Wildman–Crippen MR) is 64.0 cm³/mol. The Bertz CT molecular complexity index is 425. The Kier molecular flexibility index (Phi) is 4.04. The van der Waals surface area contributed by atoms with Gasteiger partial charge in [0.15, 0.2) is 5.82 Å². The lowest BCUT2D eigenvalue weighted by atomic mass is 10.3. The summed E-state index contributed by atoms with van der Waals surface area (Å²) < 4.78 is 1.59. The zero-order valence-corrected chi connectivity index (χ0v) is 9.60. The molecule has 1 rings (SSSR count). The van der Waals surface area contributed by atoms with Crippen molar-refractivity contribution in [2.24, 2.45) is 5.73 Å². The smallest absolute Gasteiger partial charge is 0.293 e. The van der Waals surface area contributed by atoms with E-state index >= 15 is 0 Å². The predicted octanol–water partition coefficient (Wildman–Crippen LogP) is 0.0255. The highest BCUT2D eigenvalue weighted by molar-refractivity contribution is 5.77. The number of rotatable bonds is 5. The molecule has 0 spiro atoms. The third-order valence-corrected chi connectivity index (χ3v) is 2.31. The molecule has 0 bridgehead atoms. The number of anilines is 1. The Labute approximate surface area is 94.2 Å². The molecular formula is C10H17N5O. The lowest BCUT2D eigenvalue weighted by Gasteiger charge is -2.17. The minimum absolute atomic E-state index is 0.110. The van der Waals surface area contributed by atoms with E-state index in [4.69, 9.17) is 11.1 Å². The Morgan fingerprint density at radius 3 is 2.94 bits per heavy atom. The van der Waals surface area contributed by atoms with Crippen molar-refractivity contribution in [3.63, 3.8) is 0 Å². The fraction of sp³-hybridized carbons (Fsp3) is 0.500. The quantitative estimate of drug-likeness (QED) is 0.544. The molecule has 1 heterocycles. The van der Waals surface area contributed by atoms with Crippen molar-refractivity contribution in [1.82, 2.24) is 9.55 Å². The monoisotopic (exact) mass is 223 g/mol. The average molecular weight is 223 g/mol. The third-order valence-electron chi connectivity index (χ3n) is 2.31. The van der Waals surface area contributed by atoms with E-state index < -0.39 is 0 Å². The molecule has 0 aliphatic rings. The lowest BCUT2D eigenvalue weighted by molar-refractivity contribution is 0.708. The van der Waals surface area contributed by atoms with Gasteiger partial charge in [-0.2, -0.15) is 0 Å². The summed E-state index contributed by atoms with van der Waals surface area (Å²) >= 11 is 0. The van der Waals surface area contributed by atoms with E-state index in [1.54, 1.807) is 28.9 Å². The van der Waals surface area contributed by atoms with Crippen molar-refractivity contribution in [2.75, 3.05) is 18.5 Å². The molecule has 88 valence electrons. The van der Waals surface area contributed by atoms with Crippen LogP contribution in [0.3, 0.4) is 0 Å².